The summed E-state index contributed by atoms with van der Waals surface area (Å²) in [6.45, 7) is 3.05. The molecular weight excluding hydrogens is 188 g/mol. The van der Waals surface area contributed by atoms with Gasteiger partial charge in [0.25, 0.3) is 0 Å². The third-order valence-electron chi connectivity index (χ3n) is 2.35. The molecule has 0 spiro atoms. The zero-order chi connectivity index (χ0) is 10.7. The van der Waals surface area contributed by atoms with Crippen LogP contribution < -0.4 is 16.4 Å². The highest BCUT2D eigenvalue weighted by atomic mass is 15.3. The van der Waals surface area contributed by atoms with Gasteiger partial charge in [-0.3, -0.25) is 5.32 Å². The van der Waals surface area contributed by atoms with Crippen molar-refractivity contribution in [1.82, 2.24) is 5.32 Å². The van der Waals surface area contributed by atoms with Crippen molar-refractivity contribution in [3.63, 3.8) is 0 Å². The molecule has 0 saturated carbocycles. The van der Waals surface area contributed by atoms with Crippen molar-refractivity contribution in [1.29, 1.82) is 0 Å². The summed E-state index contributed by atoms with van der Waals surface area (Å²) in [6.07, 6.45) is 0.981. The maximum atomic E-state index is 5.88. The quantitative estimate of drug-likeness (QED) is 0.691. The van der Waals surface area contributed by atoms with E-state index >= 15 is 0 Å². The molecule has 1 aliphatic heterocycles. The van der Waals surface area contributed by atoms with Crippen LogP contribution in [0.5, 0.6) is 0 Å². The summed E-state index contributed by atoms with van der Waals surface area (Å²) in [5.74, 6) is 0.595. The second-order valence-electron chi connectivity index (χ2n) is 3.56. The molecule has 1 unspecified atom stereocenters. The summed E-state index contributed by atoms with van der Waals surface area (Å²) in [4.78, 5) is 4.33. The lowest BCUT2D eigenvalue weighted by Crippen LogP contribution is -2.40. The van der Waals surface area contributed by atoms with E-state index in [4.69, 9.17) is 5.73 Å². The number of amidine groups is 1. The number of nitrogens with two attached hydrogens (primary N) is 1. The average Bonchev–Trinajstić information content (AvgIpc) is 2.26. The van der Waals surface area contributed by atoms with E-state index in [1.807, 2.05) is 24.3 Å². The molecule has 1 aliphatic rings. The minimum absolute atomic E-state index is 0.0974. The second-order valence-corrected chi connectivity index (χ2v) is 3.56. The zero-order valence-corrected chi connectivity index (χ0v) is 8.83. The number of hydrogen-bond acceptors (Lipinski definition) is 4. The largest absolute Gasteiger partial charge is 0.383 e. The molecule has 4 heteroatoms. The van der Waals surface area contributed by atoms with Crippen LogP contribution in [0.3, 0.4) is 0 Å². The summed E-state index contributed by atoms with van der Waals surface area (Å²) in [6, 6.07) is 7.93. The molecule has 1 atom stereocenters. The molecular formula is C11H16N4. The number of nitrogens with one attached hydrogen (secondary N) is 2. The number of rotatable bonds is 3. The first-order valence-corrected chi connectivity index (χ1v) is 5.24. The molecule has 15 heavy (non-hydrogen) atoms. The van der Waals surface area contributed by atoms with Gasteiger partial charge in [-0.05, 0) is 25.1 Å². The Kier molecular flexibility index (Phi) is 2.87. The number of nitrogens with zero attached hydrogens (tertiary/aromatic N) is 1. The Morgan fingerprint density at radius 3 is 3.07 bits per heavy atom. The SMILES string of the molecule is CCCNC1N=C(N)c2ccccc2N1. The van der Waals surface area contributed by atoms with Gasteiger partial charge in [-0.15, -0.1) is 0 Å². The molecule has 0 aromatic heterocycles. The molecule has 0 fully saturated rings. The molecule has 0 bridgehead atoms. The minimum atomic E-state index is -0.0974. The van der Waals surface area contributed by atoms with Crippen LogP contribution >= 0.6 is 0 Å². The van der Waals surface area contributed by atoms with E-state index in [1.165, 1.54) is 0 Å². The number of hydrogen-bond donors (Lipinski definition) is 3. The first-order chi connectivity index (χ1) is 7.31. The Balaban J connectivity index is 2.17. The van der Waals surface area contributed by atoms with Crippen molar-refractivity contribution in [2.45, 2.75) is 19.6 Å². The van der Waals surface area contributed by atoms with Gasteiger partial charge in [-0.25, -0.2) is 4.99 Å². The predicted molar refractivity (Wildman–Crippen MR) is 62.9 cm³/mol. The van der Waals surface area contributed by atoms with Crippen LogP contribution in [0.4, 0.5) is 5.69 Å². The van der Waals surface area contributed by atoms with Crippen molar-refractivity contribution >= 4 is 11.5 Å². The van der Waals surface area contributed by atoms with Gasteiger partial charge in [0.15, 0.2) is 6.29 Å². The zero-order valence-electron chi connectivity index (χ0n) is 8.83. The molecule has 80 valence electrons. The summed E-state index contributed by atoms with van der Waals surface area (Å²) in [7, 11) is 0. The molecule has 4 nitrogen and oxygen atoms in total. The third-order valence-corrected chi connectivity index (χ3v) is 2.35. The molecule has 1 aromatic carbocycles. The smallest absolute Gasteiger partial charge is 0.176 e. The first kappa shape index (κ1) is 9.98. The van der Waals surface area contributed by atoms with Crippen LogP contribution in [0.2, 0.25) is 0 Å². The van der Waals surface area contributed by atoms with E-state index in [0.717, 1.165) is 24.2 Å². The first-order valence-electron chi connectivity index (χ1n) is 5.24. The fraction of sp³-hybridized carbons (Fsp3) is 0.364. The van der Waals surface area contributed by atoms with Gasteiger partial charge in [0.05, 0.1) is 0 Å². The van der Waals surface area contributed by atoms with Crippen molar-refractivity contribution in [2.75, 3.05) is 11.9 Å². The number of para-hydroxylation sites is 1. The molecule has 0 saturated heterocycles. The van der Waals surface area contributed by atoms with Crippen molar-refractivity contribution in [2.24, 2.45) is 10.7 Å². The van der Waals surface area contributed by atoms with Gasteiger partial charge in [-0.2, -0.15) is 0 Å². The maximum Gasteiger partial charge on any atom is 0.176 e. The molecule has 0 radical (unpaired) electrons. The highest BCUT2D eigenvalue weighted by Gasteiger charge is 2.16. The van der Waals surface area contributed by atoms with Crippen molar-refractivity contribution in [3.05, 3.63) is 29.8 Å². The number of anilines is 1. The lowest BCUT2D eigenvalue weighted by atomic mass is 10.1. The molecule has 0 amide bonds. The van der Waals surface area contributed by atoms with Gasteiger partial charge >= 0.3 is 0 Å². The topological polar surface area (TPSA) is 62.4 Å². The fourth-order valence-corrected chi connectivity index (χ4v) is 1.60. The molecule has 1 heterocycles. The molecule has 0 aliphatic carbocycles. The predicted octanol–water partition coefficient (Wildman–Crippen LogP) is 1.10. The third kappa shape index (κ3) is 2.10. The van der Waals surface area contributed by atoms with Gasteiger partial charge in [0.2, 0.25) is 0 Å². The van der Waals surface area contributed by atoms with Crippen LogP contribution in [0.15, 0.2) is 29.3 Å². The van der Waals surface area contributed by atoms with E-state index in [1.54, 1.807) is 0 Å². The summed E-state index contributed by atoms with van der Waals surface area (Å²) in [5.41, 5.74) is 7.90. The second kappa shape index (κ2) is 4.31. The number of benzene rings is 1. The van der Waals surface area contributed by atoms with Crippen LogP contribution in [-0.4, -0.2) is 18.7 Å². The van der Waals surface area contributed by atoms with Crippen LogP contribution in [0, 0.1) is 0 Å². The van der Waals surface area contributed by atoms with Gasteiger partial charge in [0.1, 0.15) is 5.84 Å². The maximum absolute atomic E-state index is 5.88. The van der Waals surface area contributed by atoms with Crippen LogP contribution in [0.1, 0.15) is 18.9 Å². The Labute approximate surface area is 89.6 Å². The summed E-state index contributed by atoms with van der Waals surface area (Å²) >= 11 is 0. The Morgan fingerprint density at radius 1 is 1.47 bits per heavy atom. The monoisotopic (exact) mass is 204 g/mol. The van der Waals surface area contributed by atoms with Crippen LogP contribution in [-0.2, 0) is 0 Å². The summed E-state index contributed by atoms with van der Waals surface area (Å²) < 4.78 is 0. The number of aliphatic imine (C=N–C) groups is 1. The highest BCUT2D eigenvalue weighted by Crippen LogP contribution is 2.19. The van der Waals surface area contributed by atoms with Crippen molar-refractivity contribution in [3.8, 4) is 0 Å². The fourth-order valence-electron chi connectivity index (χ4n) is 1.60. The van der Waals surface area contributed by atoms with E-state index in [9.17, 15) is 0 Å². The van der Waals surface area contributed by atoms with E-state index in [-0.39, 0.29) is 6.29 Å². The van der Waals surface area contributed by atoms with Gasteiger partial charge in [0, 0.05) is 11.3 Å². The van der Waals surface area contributed by atoms with E-state index in [2.05, 4.69) is 22.5 Å². The summed E-state index contributed by atoms with van der Waals surface area (Å²) in [5, 5.41) is 6.55. The Morgan fingerprint density at radius 2 is 2.27 bits per heavy atom. The Hall–Kier alpha value is -1.55. The lowest BCUT2D eigenvalue weighted by molar-refractivity contribution is 0.573. The molecule has 4 N–H and O–H groups in total. The van der Waals surface area contributed by atoms with Gasteiger partial charge < -0.3 is 11.1 Å². The average molecular weight is 204 g/mol. The highest BCUT2D eigenvalue weighted by molar-refractivity contribution is 6.03. The standard InChI is InChI=1S/C11H16N4/c1-2-7-13-11-14-9-6-4-3-5-8(9)10(12)15-11/h3-6,11,13-14H,2,7H2,1H3,(H2,12,15). The lowest BCUT2D eigenvalue weighted by Gasteiger charge is -2.24. The molecule has 2 rings (SSSR count). The van der Waals surface area contributed by atoms with Gasteiger partial charge in [-0.1, -0.05) is 19.1 Å². The normalized spacial score (nSPS) is 19.0. The minimum Gasteiger partial charge on any atom is -0.383 e. The Bertz CT molecular complexity index is 373. The number of fused-ring (bicyclic) bond motifs is 1. The van der Waals surface area contributed by atoms with Crippen molar-refractivity contribution < 1.29 is 0 Å². The molecule has 1 aromatic rings. The van der Waals surface area contributed by atoms with Crippen LogP contribution in [0.25, 0.3) is 0 Å². The van der Waals surface area contributed by atoms with E-state index in [0.29, 0.717) is 5.84 Å². The van der Waals surface area contributed by atoms with E-state index < -0.39 is 0 Å².